The van der Waals surface area contributed by atoms with Crippen LogP contribution in [0.3, 0.4) is 0 Å². The van der Waals surface area contributed by atoms with Crippen molar-refractivity contribution in [2.45, 2.75) is 43.9 Å². The highest BCUT2D eigenvalue weighted by atomic mass is 16.5. The van der Waals surface area contributed by atoms with Crippen molar-refractivity contribution in [2.75, 3.05) is 60.0 Å². The zero-order valence-corrected chi connectivity index (χ0v) is 20.0. The summed E-state index contributed by atoms with van der Waals surface area (Å²) in [5.41, 5.74) is 1.30. The van der Waals surface area contributed by atoms with Crippen LogP contribution >= 0.6 is 0 Å². The molecule has 0 amide bonds. The molecule has 6 heteroatoms. The van der Waals surface area contributed by atoms with Crippen molar-refractivity contribution < 1.29 is 14.6 Å². The van der Waals surface area contributed by atoms with Crippen LogP contribution in [0, 0.1) is 0 Å². The molecule has 2 aliphatic rings. The highest BCUT2D eigenvalue weighted by Crippen LogP contribution is 2.38. The number of aliphatic hydroxyl groups is 1. The van der Waals surface area contributed by atoms with Gasteiger partial charge in [-0.2, -0.15) is 0 Å². The molecule has 0 aromatic heterocycles. The summed E-state index contributed by atoms with van der Waals surface area (Å²) in [6, 6.07) is 6.14. The minimum absolute atomic E-state index is 0.114. The van der Waals surface area contributed by atoms with Gasteiger partial charge in [-0.25, -0.2) is 0 Å². The molecule has 178 valence electrons. The number of nitrogens with zero attached hydrogens (tertiary/aromatic N) is 3. The van der Waals surface area contributed by atoms with Gasteiger partial charge in [0.1, 0.15) is 12.7 Å². The Bertz CT molecular complexity index is 736. The fourth-order valence-corrected chi connectivity index (χ4v) is 5.04. The van der Waals surface area contributed by atoms with E-state index in [0.717, 1.165) is 52.1 Å². The van der Waals surface area contributed by atoms with Crippen molar-refractivity contribution >= 4 is 0 Å². The Kier molecular flexibility index (Phi) is 9.17. The summed E-state index contributed by atoms with van der Waals surface area (Å²) in [6.45, 7) is 14.9. The maximum atomic E-state index is 10.5. The lowest BCUT2D eigenvalue weighted by atomic mass is 9.88. The number of likely N-dealkylation sites (tertiary alicyclic amines) is 1. The van der Waals surface area contributed by atoms with Gasteiger partial charge in [0.05, 0.1) is 7.11 Å². The van der Waals surface area contributed by atoms with E-state index < -0.39 is 6.10 Å². The van der Waals surface area contributed by atoms with E-state index in [1.165, 1.54) is 18.4 Å². The number of benzene rings is 1. The van der Waals surface area contributed by atoms with Crippen molar-refractivity contribution in [1.29, 1.82) is 0 Å². The molecular formula is C26H41N3O3. The summed E-state index contributed by atoms with van der Waals surface area (Å²) < 4.78 is 11.6. The first kappa shape index (κ1) is 24.8. The van der Waals surface area contributed by atoms with Crippen LogP contribution in [0.1, 0.15) is 31.2 Å². The third-order valence-corrected chi connectivity index (χ3v) is 6.89. The quantitative estimate of drug-likeness (QED) is 0.501. The van der Waals surface area contributed by atoms with Crippen LogP contribution in [0.15, 0.2) is 43.5 Å². The van der Waals surface area contributed by atoms with Gasteiger partial charge in [0.2, 0.25) is 0 Å². The number of ether oxygens (including phenoxy) is 2. The van der Waals surface area contributed by atoms with E-state index in [9.17, 15) is 5.11 Å². The molecule has 2 fully saturated rings. The van der Waals surface area contributed by atoms with E-state index in [4.69, 9.17) is 9.47 Å². The maximum Gasteiger partial charge on any atom is 0.161 e. The summed E-state index contributed by atoms with van der Waals surface area (Å²) in [7, 11) is 3.79. The summed E-state index contributed by atoms with van der Waals surface area (Å²) in [4.78, 5) is 7.17. The zero-order chi connectivity index (χ0) is 23.0. The van der Waals surface area contributed by atoms with Crippen LogP contribution in [0.4, 0.5) is 0 Å². The fraction of sp³-hybridized carbons (Fsp3) is 0.615. The van der Waals surface area contributed by atoms with Crippen LogP contribution in [-0.2, 0) is 6.54 Å². The van der Waals surface area contributed by atoms with Crippen molar-refractivity contribution in [2.24, 2.45) is 0 Å². The predicted octanol–water partition coefficient (Wildman–Crippen LogP) is 3.17. The fourth-order valence-electron chi connectivity index (χ4n) is 5.04. The molecule has 6 nitrogen and oxygen atoms in total. The first-order chi connectivity index (χ1) is 15.5. The summed E-state index contributed by atoms with van der Waals surface area (Å²) in [6.07, 6.45) is 7.84. The molecule has 0 bridgehead atoms. The van der Waals surface area contributed by atoms with Crippen molar-refractivity contribution in [3.8, 4) is 11.5 Å². The van der Waals surface area contributed by atoms with Gasteiger partial charge in [-0.05, 0) is 57.0 Å². The second kappa shape index (κ2) is 11.8. The molecule has 1 N–H and O–H groups in total. The van der Waals surface area contributed by atoms with Gasteiger partial charge in [0.15, 0.2) is 11.5 Å². The second-order valence-electron chi connectivity index (χ2n) is 9.29. The van der Waals surface area contributed by atoms with E-state index in [2.05, 4.69) is 47.0 Å². The number of likely N-dealkylation sites (N-methyl/N-ethyl adjacent to an activating group) is 1. The molecule has 0 spiro atoms. The smallest absolute Gasteiger partial charge is 0.161 e. The third kappa shape index (κ3) is 6.35. The van der Waals surface area contributed by atoms with Crippen LogP contribution in [0.25, 0.3) is 0 Å². The SMILES string of the molecule is C=CCC1(CC=C)CCCN1Cc1ccc(OC)c(OCC(O)CN2CCN(C)CC2)c1. The minimum atomic E-state index is -0.529. The Hall–Kier alpha value is -1.86. The first-order valence-electron chi connectivity index (χ1n) is 11.8. The van der Waals surface area contributed by atoms with Gasteiger partial charge in [-0.15, -0.1) is 13.2 Å². The highest BCUT2D eigenvalue weighted by Gasteiger charge is 2.38. The molecule has 2 aliphatic heterocycles. The molecule has 1 aromatic carbocycles. The number of hydrogen-bond donors (Lipinski definition) is 1. The Labute approximate surface area is 194 Å². The molecule has 32 heavy (non-hydrogen) atoms. The number of hydrogen-bond acceptors (Lipinski definition) is 6. The van der Waals surface area contributed by atoms with E-state index in [-0.39, 0.29) is 12.1 Å². The van der Waals surface area contributed by atoms with Crippen LogP contribution in [-0.4, -0.2) is 91.5 Å². The van der Waals surface area contributed by atoms with Gasteiger partial charge in [0.25, 0.3) is 0 Å². The summed E-state index contributed by atoms with van der Waals surface area (Å²) >= 11 is 0. The topological polar surface area (TPSA) is 48.4 Å². The lowest BCUT2D eigenvalue weighted by molar-refractivity contribution is 0.0497. The van der Waals surface area contributed by atoms with E-state index in [1.54, 1.807) is 7.11 Å². The highest BCUT2D eigenvalue weighted by molar-refractivity contribution is 5.43. The normalized spacial score (nSPS) is 20.7. The standard InChI is InChI=1S/C26H41N3O3/c1-5-10-26(11-6-2)12-7-13-29(26)19-22-8-9-24(31-4)25(18-22)32-21-23(30)20-28-16-14-27(3)15-17-28/h5-6,8-9,18,23,30H,1-2,7,10-17,19-21H2,3-4H3. The maximum absolute atomic E-state index is 10.5. The van der Waals surface area contributed by atoms with E-state index >= 15 is 0 Å². The number of methoxy groups -OCH3 is 1. The number of rotatable bonds is 12. The van der Waals surface area contributed by atoms with Crippen molar-refractivity contribution in [1.82, 2.24) is 14.7 Å². The Morgan fingerprint density at radius 2 is 1.81 bits per heavy atom. The first-order valence-corrected chi connectivity index (χ1v) is 11.8. The van der Waals surface area contributed by atoms with Gasteiger partial charge in [-0.3, -0.25) is 9.80 Å². The number of piperazine rings is 1. The summed E-state index contributed by atoms with van der Waals surface area (Å²) in [5, 5.41) is 10.5. The van der Waals surface area contributed by atoms with Gasteiger partial charge < -0.3 is 19.5 Å². The van der Waals surface area contributed by atoms with Crippen LogP contribution in [0.5, 0.6) is 11.5 Å². The van der Waals surface area contributed by atoms with Gasteiger partial charge in [-0.1, -0.05) is 18.2 Å². The average Bonchev–Trinajstić information content (AvgIpc) is 3.16. The number of aliphatic hydroxyl groups excluding tert-OH is 1. The van der Waals surface area contributed by atoms with Crippen molar-refractivity contribution in [3.63, 3.8) is 0 Å². The lowest BCUT2D eigenvalue weighted by Gasteiger charge is -2.37. The largest absolute Gasteiger partial charge is 0.493 e. The molecule has 1 atom stereocenters. The van der Waals surface area contributed by atoms with Gasteiger partial charge >= 0.3 is 0 Å². The zero-order valence-electron chi connectivity index (χ0n) is 20.0. The molecule has 1 unspecified atom stereocenters. The molecule has 3 rings (SSSR count). The predicted molar refractivity (Wildman–Crippen MR) is 130 cm³/mol. The molecular weight excluding hydrogens is 402 g/mol. The van der Waals surface area contributed by atoms with Crippen molar-refractivity contribution in [3.05, 3.63) is 49.1 Å². The van der Waals surface area contributed by atoms with E-state index in [1.807, 2.05) is 18.2 Å². The minimum Gasteiger partial charge on any atom is -0.493 e. The monoisotopic (exact) mass is 443 g/mol. The Balaban J connectivity index is 1.62. The Morgan fingerprint density at radius 3 is 2.47 bits per heavy atom. The molecule has 0 aliphatic carbocycles. The van der Waals surface area contributed by atoms with E-state index in [0.29, 0.717) is 18.0 Å². The molecule has 1 aromatic rings. The average molecular weight is 444 g/mol. The molecule has 2 heterocycles. The number of β-amino-alcohol motifs (C(OH)–C–C–N with tert-alkyl or cyclic N) is 1. The summed E-state index contributed by atoms with van der Waals surface area (Å²) in [5.74, 6) is 1.39. The second-order valence-corrected chi connectivity index (χ2v) is 9.29. The Morgan fingerprint density at radius 1 is 1.09 bits per heavy atom. The molecule has 2 saturated heterocycles. The molecule has 0 radical (unpaired) electrons. The van der Waals surface area contributed by atoms with Gasteiger partial charge in [0, 0.05) is 44.8 Å². The van der Waals surface area contributed by atoms with Crippen LogP contribution < -0.4 is 9.47 Å². The lowest BCUT2D eigenvalue weighted by Crippen LogP contribution is -2.47. The molecule has 0 saturated carbocycles. The third-order valence-electron chi connectivity index (χ3n) is 6.89. The van der Waals surface area contributed by atoms with Crippen LogP contribution in [0.2, 0.25) is 0 Å².